The molecule has 0 unspecified atom stereocenters. The quantitative estimate of drug-likeness (QED) is 0.339. The van der Waals surface area contributed by atoms with E-state index < -0.39 is 13.0 Å². The Morgan fingerprint density at radius 1 is 1.32 bits per heavy atom. The maximum atomic E-state index is 11.2. The molecule has 0 spiro atoms. The van der Waals surface area contributed by atoms with E-state index in [1.807, 2.05) is 0 Å². The van der Waals surface area contributed by atoms with Crippen LogP contribution in [0.2, 0.25) is 25.7 Å². The van der Waals surface area contributed by atoms with E-state index in [2.05, 4.69) is 29.7 Å². The molecule has 0 aliphatic rings. The van der Waals surface area contributed by atoms with Crippen molar-refractivity contribution >= 4 is 13.8 Å². The Labute approximate surface area is 130 Å². The van der Waals surface area contributed by atoms with Gasteiger partial charge in [0.1, 0.15) is 12.9 Å². The van der Waals surface area contributed by atoms with E-state index in [9.17, 15) is 10.1 Å². The van der Waals surface area contributed by atoms with Crippen LogP contribution >= 0.6 is 0 Å². The van der Waals surface area contributed by atoms with Crippen molar-refractivity contribution in [3.05, 3.63) is 40.8 Å². The average molecular weight is 320 g/mol. The molecule has 22 heavy (non-hydrogen) atoms. The van der Waals surface area contributed by atoms with Crippen LogP contribution in [-0.4, -0.2) is 34.4 Å². The molecule has 0 aliphatic heterocycles. The maximum absolute atomic E-state index is 11.2. The number of aromatic nitrogens is 3. The highest BCUT2D eigenvalue weighted by Crippen LogP contribution is 2.27. The van der Waals surface area contributed by atoms with E-state index in [0.29, 0.717) is 17.9 Å². The van der Waals surface area contributed by atoms with Gasteiger partial charge in [0.25, 0.3) is 0 Å². The second-order valence-corrected chi connectivity index (χ2v) is 11.9. The summed E-state index contributed by atoms with van der Waals surface area (Å²) in [5, 5.41) is 15.4. The Kier molecular flexibility index (Phi) is 5.04. The minimum Gasteiger partial charge on any atom is -0.360 e. The third-order valence-corrected chi connectivity index (χ3v) is 4.82. The molecule has 118 valence electrons. The van der Waals surface area contributed by atoms with Crippen molar-refractivity contribution in [3.8, 4) is 11.3 Å². The topological polar surface area (TPSA) is 83.1 Å². The molecule has 0 fully saturated rings. The number of ether oxygens (including phenoxy) is 1. The van der Waals surface area contributed by atoms with Crippen LogP contribution in [0.3, 0.4) is 0 Å². The van der Waals surface area contributed by atoms with Gasteiger partial charge >= 0.3 is 5.69 Å². The molecule has 2 aromatic heterocycles. The Morgan fingerprint density at radius 2 is 2.00 bits per heavy atom. The molecule has 8 heteroatoms. The Balaban J connectivity index is 2.09. The number of pyridine rings is 1. The standard InChI is InChI=1S/C14H20N4O3Si/c1-22(2,3)9-8-21-11-17-10-13(18(19)20)14(16-17)12-4-6-15-7-5-12/h4-7,10H,8-9,11H2,1-3H3. The van der Waals surface area contributed by atoms with Gasteiger partial charge in [0.05, 0.1) is 4.92 Å². The minimum atomic E-state index is -1.14. The van der Waals surface area contributed by atoms with Crippen molar-refractivity contribution in [3.63, 3.8) is 0 Å². The van der Waals surface area contributed by atoms with Crippen LogP contribution < -0.4 is 0 Å². The van der Waals surface area contributed by atoms with Gasteiger partial charge in [0, 0.05) is 32.6 Å². The number of nitrogens with zero attached hydrogens (tertiary/aromatic N) is 4. The monoisotopic (exact) mass is 320 g/mol. The summed E-state index contributed by atoms with van der Waals surface area (Å²) >= 11 is 0. The van der Waals surface area contributed by atoms with Gasteiger partial charge in [-0.1, -0.05) is 19.6 Å². The van der Waals surface area contributed by atoms with Gasteiger partial charge in [-0.05, 0) is 18.2 Å². The molecule has 0 saturated carbocycles. The third-order valence-electron chi connectivity index (χ3n) is 3.11. The summed E-state index contributed by atoms with van der Waals surface area (Å²) in [6, 6.07) is 4.45. The van der Waals surface area contributed by atoms with Gasteiger partial charge in [0.15, 0.2) is 5.69 Å². The molecule has 0 aliphatic carbocycles. The van der Waals surface area contributed by atoms with Gasteiger partial charge < -0.3 is 4.74 Å². The van der Waals surface area contributed by atoms with Crippen molar-refractivity contribution in [2.24, 2.45) is 0 Å². The highest BCUT2D eigenvalue weighted by Gasteiger charge is 2.21. The molecule has 0 aromatic carbocycles. The van der Waals surface area contributed by atoms with E-state index in [1.165, 1.54) is 10.9 Å². The second-order valence-electron chi connectivity index (χ2n) is 6.24. The molecule has 0 atom stereocenters. The first-order valence-corrected chi connectivity index (χ1v) is 10.8. The third kappa shape index (κ3) is 4.47. The smallest absolute Gasteiger partial charge is 0.315 e. The summed E-state index contributed by atoms with van der Waals surface area (Å²) in [4.78, 5) is 14.7. The maximum Gasteiger partial charge on any atom is 0.315 e. The Hall–Kier alpha value is -2.06. The van der Waals surface area contributed by atoms with E-state index in [0.717, 1.165) is 6.04 Å². The van der Waals surface area contributed by atoms with Crippen LogP contribution in [-0.2, 0) is 11.5 Å². The number of rotatable bonds is 7. The molecule has 2 aromatic rings. The highest BCUT2D eigenvalue weighted by molar-refractivity contribution is 6.76. The molecule has 0 saturated heterocycles. The largest absolute Gasteiger partial charge is 0.360 e. The van der Waals surface area contributed by atoms with Crippen molar-refractivity contribution in [2.75, 3.05) is 6.61 Å². The molecular weight excluding hydrogens is 300 g/mol. The van der Waals surface area contributed by atoms with Crippen molar-refractivity contribution in [2.45, 2.75) is 32.4 Å². The van der Waals surface area contributed by atoms with Crippen LogP contribution in [0.15, 0.2) is 30.7 Å². The molecular formula is C14H20N4O3Si. The number of nitro groups is 1. The van der Waals surface area contributed by atoms with E-state index in [4.69, 9.17) is 4.74 Å². The van der Waals surface area contributed by atoms with Gasteiger partial charge in [0.2, 0.25) is 0 Å². The second kappa shape index (κ2) is 6.80. The predicted octanol–water partition coefficient (Wildman–Crippen LogP) is 3.17. The first-order chi connectivity index (χ1) is 10.4. The Morgan fingerprint density at radius 3 is 2.59 bits per heavy atom. The molecule has 2 rings (SSSR count). The van der Waals surface area contributed by atoms with E-state index in [1.54, 1.807) is 24.5 Å². The van der Waals surface area contributed by atoms with Crippen LogP contribution in [0.25, 0.3) is 11.3 Å². The van der Waals surface area contributed by atoms with Crippen molar-refractivity contribution in [1.29, 1.82) is 0 Å². The number of hydrogen-bond acceptors (Lipinski definition) is 5. The molecule has 2 heterocycles. The zero-order chi connectivity index (χ0) is 16.2. The van der Waals surface area contributed by atoms with Gasteiger partial charge in [-0.3, -0.25) is 15.1 Å². The first-order valence-electron chi connectivity index (χ1n) is 7.07. The molecule has 0 N–H and O–H groups in total. The Bertz CT molecular complexity index is 637. The lowest BCUT2D eigenvalue weighted by Gasteiger charge is -2.15. The summed E-state index contributed by atoms with van der Waals surface area (Å²) in [5.41, 5.74) is 0.976. The summed E-state index contributed by atoms with van der Waals surface area (Å²) in [6.07, 6.45) is 4.58. The van der Waals surface area contributed by atoms with Crippen LogP contribution in [0, 0.1) is 10.1 Å². The zero-order valence-electron chi connectivity index (χ0n) is 13.0. The fourth-order valence-electron chi connectivity index (χ4n) is 1.86. The van der Waals surface area contributed by atoms with Crippen LogP contribution in [0.5, 0.6) is 0 Å². The zero-order valence-corrected chi connectivity index (χ0v) is 14.0. The lowest BCUT2D eigenvalue weighted by atomic mass is 10.2. The van der Waals surface area contributed by atoms with Gasteiger partial charge in [-0.15, -0.1) is 0 Å². The average Bonchev–Trinajstić information content (AvgIpc) is 2.88. The van der Waals surface area contributed by atoms with Gasteiger partial charge in [-0.25, -0.2) is 4.68 Å². The molecule has 7 nitrogen and oxygen atoms in total. The molecule has 0 amide bonds. The van der Waals surface area contributed by atoms with Crippen molar-refractivity contribution in [1.82, 2.24) is 14.8 Å². The minimum absolute atomic E-state index is 0.0278. The lowest BCUT2D eigenvalue weighted by molar-refractivity contribution is -0.384. The summed E-state index contributed by atoms with van der Waals surface area (Å²) < 4.78 is 7.05. The first kappa shape index (κ1) is 16.3. The van der Waals surface area contributed by atoms with Crippen molar-refractivity contribution < 1.29 is 9.66 Å². The molecule has 0 radical (unpaired) electrons. The molecule has 0 bridgehead atoms. The summed E-state index contributed by atoms with van der Waals surface area (Å²) in [5.74, 6) is 0. The lowest BCUT2D eigenvalue weighted by Crippen LogP contribution is -2.22. The highest BCUT2D eigenvalue weighted by atomic mass is 28.3. The number of hydrogen-bond donors (Lipinski definition) is 0. The predicted molar refractivity (Wildman–Crippen MR) is 86.2 cm³/mol. The SMILES string of the molecule is C[Si](C)(C)CCOCn1cc([N+](=O)[O-])c(-c2ccncc2)n1. The summed E-state index contributed by atoms with van der Waals surface area (Å²) in [7, 11) is -1.14. The van der Waals surface area contributed by atoms with E-state index >= 15 is 0 Å². The van der Waals surface area contributed by atoms with Crippen LogP contribution in [0.1, 0.15) is 0 Å². The van der Waals surface area contributed by atoms with Gasteiger partial charge in [-0.2, -0.15) is 5.10 Å². The van der Waals surface area contributed by atoms with Crippen LogP contribution in [0.4, 0.5) is 5.69 Å². The normalized spacial score (nSPS) is 11.6. The fraction of sp³-hybridized carbons (Fsp3) is 0.429. The fourth-order valence-corrected chi connectivity index (χ4v) is 2.62. The summed E-state index contributed by atoms with van der Waals surface area (Å²) in [6.45, 7) is 7.69. The van der Waals surface area contributed by atoms with E-state index in [-0.39, 0.29) is 12.4 Å².